The van der Waals surface area contributed by atoms with E-state index in [2.05, 4.69) is 0 Å². The Kier molecular flexibility index (Phi) is 7.31. The second-order valence-electron chi connectivity index (χ2n) is 6.78. The lowest BCUT2D eigenvalue weighted by Crippen LogP contribution is -2.26. The van der Waals surface area contributed by atoms with Gasteiger partial charge in [-0.2, -0.15) is 0 Å². The Morgan fingerprint density at radius 2 is 1.96 bits per heavy atom. The number of hydrogen-bond donors (Lipinski definition) is 2. The number of epoxide rings is 1. The van der Waals surface area contributed by atoms with Gasteiger partial charge in [0.15, 0.2) is 5.78 Å². The predicted octanol–water partition coefficient (Wildman–Crippen LogP) is 3.61. The highest BCUT2D eigenvalue weighted by Gasteiger charge is 2.33. The standard InChI is InChI=1S/C22H26O6/c1-13(12-19-15(3)28-19)21(24)17(14(2)27-4)10-6-5-8-16-9-7-11-18(23)20(16)22(25)26/h5-12,14-15,17,19,23H,1-4H3,(H,25,26)/t14-,15-,17-,19-/m1/s1. The second kappa shape index (κ2) is 9.48. The number of ether oxygens (including phenoxy) is 2. The molecule has 1 aliphatic heterocycles. The van der Waals surface area contributed by atoms with Crippen LogP contribution in [0, 0.1) is 5.92 Å². The average molecular weight is 386 g/mol. The molecule has 28 heavy (non-hydrogen) atoms. The summed E-state index contributed by atoms with van der Waals surface area (Å²) in [7, 11) is 1.55. The van der Waals surface area contributed by atoms with Gasteiger partial charge in [-0.3, -0.25) is 4.79 Å². The molecule has 0 unspecified atom stereocenters. The molecule has 2 rings (SSSR count). The zero-order chi connectivity index (χ0) is 20.8. The first-order valence-corrected chi connectivity index (χ1v) is 9.07. The number of methoxy groups -OCH3 is 1. The van der Waals surface area contributed by atoms with Crippen LogP contribution in [0.3, 0.4) is 0 Å². The molecule has 1 saturated heterocycles. The molecule has 6 heteroatoms. The predicted molar refractivity (Wildman–Crippen MR) is 106 cm³/mol. The first kappa shape index (κ1) is 21.6. The molecule has 0 aromatic heterocycles. The van der Waals surface area contributed by atoms with E-state index in [1.54, 1.807) is 50.5 Å². The zero-order valence-corrected chi connectivity index (χ0v) is 16.5. The maximum absolute atomic E-state index is 12.8. The lowest BCUT2D eigenvalue weighted by atomic mass is 9.92. The van der Waals surface area contributed by atoms with Gasteiger partial charge in [-0.1, -0.05) is 36.4 Å². The summed E-state index contributed by atoms with van der Waals surface area (Å²) >= 11 is 0. The minimum atomic E-state index is -1.21. The van der Waals surface area contributed by atoms with Gasteiger partial charge in [0.05, 0.1) is 18.1 Å². The fourth-order valence-electron chi connectivity index (χ4n) is 2.84. The fraction of sp³-hybridized carbons (Fsp3) is 0.364. The highest BCUT2D eigenvalue weighted by Crippen LogP contribution is 2.25. The van der Waals surface area contributed by atoms with Crippen molar-refractivity contribution in [2.75, 3.05) is 7.11 Å². The van der Waals surface area contributed by atoms with E-state index in [0.717, 1.165) is 0 Å². The van der Waals surface area contributed by atoms with Gasteiger partial charge in [0, 0.05) is 7.11 Å². The number of phenols is 1. The number of rotatable bonds is 9. The third-order valence-electron chi connectivity index (χ3n) is 4.73. The molecule has 0 spiro atoms. The van der Waals surface area contributed by atoms with E-state index in [1.807, 2.05) is 19.9 Å². The van der Waals surface area contributed by atoms with E-state index in [4.69, 9.17) is 9.47 Å². The van der Waals surface area contributed by atoms with E-state index >= 15 is 0 Å². The Balaban J connectivity index is 2.17. The molecule has 6 nitrogen and oxygen atoms in total. The minimum Gasteiger partial charge on any atom is -0.507 e. The van der Waals surface area contributed by atoms with Gasteiger partial charge < -0.3 is 19.7 Å². The normalized spacial score (nSPS) is 21.8. The molecule has 1 aliphatic rings. The Bertz CT molecular complexity index is 820. The molecule has 0 amide bonds. The Morgan fingerprint density at radius 3 is 2.54 bits per heavy atom. The third-order valence-corrected chi connectivity index (χ3v) is 4.73. The summed E-state index contributed by atoms with van der Waals surface area (Å²) < 4.78 is 10.7. The first-order chi connectivity index (χ1) is 13.3. The maximum Gasteiger partial charge on any atom is 0.340 e. The molecular weight excluding hydrogens is 360 g/mol. The summed E-state index contributed by atoms with van der Waals surface area (Å²) in [5.74, 6) is -2.04. The van der Waals surface area contributed by atoms with Crippen LogP contribution in [0.25, 0.3) is 6.08 Å². The number of aromatic hydroxyl groups is 1. The molecule has 4 atom stereocenters. The van der Waals surface area contributed by atoms with Crippen LogP contribution in [-0.4, -0.2) is 47.4 Å². The number of aromatic carboxylic acids is 1. The first-order valence-electron chi connectivity index (χ1n) is 9.07. The highest BCUT2D eigenvalue weighted by atomic mass is 16.6. The van der Waals surface area contributed by atoms with Crippen LogP contribution in [0.2, 0.25) is 0 Å². The molecule has 1 aromatic rings. The van der Waals surface area contributed by atoms with Crippen molar-refractivity contribution in [3.8, 4) is 5.75 Å². The van der Waals surface area contributed by atoms with E-state index in [0.29, 0.717) is 11.1 Å². The Labute approximate surface area is 164 Å². The zero-order valence-electron chi connectivity index (χ0n) is 16.5. The third kappa shape index (κ3) is 5.41. The molecule has 0 aliphatic carbocycles. The molecule has 2 N–H and O–H groups in total. The van der Waals surface area contributed by atoms with Crippen molar-refractivity contribution in [1.29, 1.82) is 0 Å². The van der Waals surface area contributed by atoms with Crippen LogP contribution < -0.4 is 0 Å². The number of carboxylic acids is 1. The lowest BCUT2D eigenvalue weighted by Gasteiger charge is -2.18. The highest BCUT2D eigenvalue weighted by molar-refractivity contribution is 5.98. The van der Waals surface area contributed by atoms with Crippen LogP contribution in [0.5, 0.6) is 5.75 Å². The van der Waals surface area contributed by atoms with Crippen molar-refractivity contribution in [2.24, 2.45) is 5.92 Å². The maximum atomic E-state index is 12.8. The van der Waals surface area contributed by atoms with Gasteiger partial charge in [-0.15, -0.1) is 0 Å². The number of benzene rings is 1. The molecule has 0 radical (unpaired) electrons. The van der Waals surface area contributed by atoms with Crippen LogP contribution in [0.4, 0.5) is 0 Å². The van der Waals surface area contributed by atoms with Gasteiger partial charge in [0.2, 0.25) is 0 Å². The van der Waals surface area contributed by atoms with Crippen molar-refractivity contribution in [2.45, 2.75) is 39.1 Å². The largest absolute Gasteiger partial charge is 0.507 e. The summed E-state index contributed by atoms with van der Waals surface area (Å²) in [6.45, 7) is 5.53. The number of carboxylic acid groups (broad SMARTS) is 1. The molecule has 0 bridgehead atoms. The molecule has 1 fully saturated rings. The topological polar surface area (TPSA) is 96.4 Å². The van der Waals surface area contributed by atoms with Crippen LogP contribution >= 0.6 is 0 Å². The van der Waals surface area contributed by atoms with Crippen molar-refractivity contribution in [3.63, 3.8) is 0 Å². The lowest BCUT2D eigenvalue weighted by molar-refractivity contribution is -0.121. The number of carbonyl (C=O) groups excluding carboxylic acids is 1. The molecular formula is C22H26O6. The van der Waals surface area contributed by atoms with Gasteiger partial charge in [0.1, 0.15) is 17.4 Å². The van der Waals surface area contributed by atoms with E-state index in [-0.39, 0.29) is 35.4 Å². The number of allylic oxidation sites excluding steroid dienone is 3. The average Bonchev–Trinajstić information content (AvgIpc) is 3.34. The summed E-state index contributed by atoms with van der Waals surface area (Å²) in [4.78, 5) is 24.1. The monoisotopic (exact) mass is 386 g/mol. The van der Waals surface area contributed by atoms with Crippen molar-refractivity contribution in [1.82, 2.24) is 0 Å². The van der Waals surface area contributed by atoms with Gasteiger partial charge in [0.25, 0.3) is 0 Å². The van der Waals surface area contributed by atoms with Gasteiger partial charge in [-0.05, 0) is 44.1 Å². The molecule has 0 saturated carbocycles. The minimum absolute atomic E-state index is 0.00785. The summed E-state index contributed by atoms with van der Waals surface area (Å²) in [5, 5.41) is 19.0. The fourth-order valence-corrected chi connectivity index (χ4v) is 2.84. The molecule has 1 heterocycles. The van der Waals surface area contributed by atoms with Gasteiger partial charge in [-0.25, -0.2) is 4.79 Å². The Hall–Kier alpha value is -2.70. The number of hydrogen-bond acceptors (Lipinski definition) is 5. The number of carbonyl (C=O) groups is 2. The van der Waals surface area contributed by atoms with E-state index in [9.17, 15) is 19.8 Å². The SMILES string of the molecule is CO[C@H](C)[C@@H](C=CC=Cc1cccc(O)c1C(=O)O)C(=O)C(C)=C[C@H]1O[C@@H]1C. The molecule has 150 valence electrons. The number of Topliss-reactive ketones (excluding diaryl/α,β-unsaturated/α-hetero) is 1. The van der Waals surface area contributed by atoms with E-state index in [1.165, 1.54) is 6.07 Å². The summed E-state index contributed by atoms with van der Waals surface area (Å²) in [6, 6.07) is 4.49. The van der Waals surface area contributed by atoms with Crippen molar-refractivity contribution >= 4 is 17.8 Å². The van der Waals surface area contributed by atoms with Crippen molar-refractivity contribution < 1.29 is 29.3 Å². The van der Waals surface area contributed by atoms with E-state index < -0.39 is 11.9 Å². The van der Waals surface area contributed by atoms with Crippen LogP contribution in [-0.2, 0) is 14.3 Å². The van der Waals surface area contributed by atoms with Crippen LogP contribution in [0.15, 0.2) is 48.1 Å². The van der Waals surface area contributed by atoms with Crippen LogP contribution in [0.1, 0.15) is 36.7 Å². The smallest absolute Gasteiger partial charge is 0.340 e. The second-order valence-corrected chi connectivity index (χ2v) is 6.78. The molecule has 1 aromatic carbocycles. The van der Waals surface area contributed by atoms with Gasteiger partial charge >= 0.3 is 5.97 Å². The summed E-state index contributed by atoms with van der Waals surface area (Å²) in [6.07, 6.45) is 8.25. The quantitative estimate of drug-likeness (QED) is 0.382. The summed E-state index contributed by atoms with van der Waals surface area (Å²) in [5.41, 5.74) is 0.830. The van der Waals surface area contributed by atoms with Crippen molar-refractivity contribution in [3.05, 3.63) is 59.2 Å². The Morgan fingerprint density at radius 1 is 1.29 bits per heavy atom. The number of ketones is 1.